The third-order valence-electron chi connectivity index (χ3n) is 2.24. The molecule has 0 spiro atoms. The largest absolute Gasteiger partial charge is 0.462 e. The van der Waals surface area contributed by atoms with Crippen LogP contribution in [0.25, 0.3) is 0 Å². The van der Waals surface area contributed by atoms with E-state index < -0.39 is 18.6 Å². The van der Waals surface area contributed by atoms with Gasteiger partial charge in [-0.1, -0.05) is 0 Å². The summed E-state index contributed by atoms with van der Waals surface area (Å²) in [7, 11) is 0. The van der Waals surface area contributed by atoms with Gasteiger partial charge < -0.3 is 14.8 Å². The minimum Gasteiger partial charge on any atom is -0.462 e. The number of esters is 1. The SMILES string of the molecule is CCOC(=O)c1ccc2c(c1)OC(F)(F)CN2. The van der Waals surface area contributed by atoms with Crippen LogP contribution in [0.1, 0.15) is 17.3 Å². The number of anilines is 1. The van der Waals surface area contributed by atoms with E-state index in [2.05, 4.69) is 10.1 Å². The first kappa shape index (κ1) is 11.6. The Morgan fingerprint density at radius 3 is 3.06 bits per heavy atom. The number of carbonyl (C=O) groups excluding carboxylic acids is 1. The Kier molecular flexibility index (Phi) is 2.87. The first-order valence-corrected chi connectivity index (χ1v) is 5.14. The molecule has 0 amide bonds. The molecule has 2 rings (SSSR count). The zero-order valence-electron chi connectivity index (χ0n) is 9.13. The third kappa shape index (κ3) is 2.46. The molecule has 0 aromatic heterocycles. The molecule has 1 N–H and O–H groups in total. The minimum absolute atomic E-state index is 0.0493. The summed E-state index contributed by atoms with van der Waals surface area (Å²) in [4.78, 5) is 11.4. The number of rotatable bonds is 2. The monoisotopic (exact) mass is 243 g/mol. The molecule has 1 aliphatic rings. The van der Waals surface area contributed by atoms with Gasteiger partial charge in [0.2, 0.25) is 0 Å². The maximum atomic E-state index is 13.0. The first-order valence-electron chi connectivity index (χ1n) is 5.14. The number of hydrogen-bond donors (Lipinski definition) is 1. The zero-order valence-corrected chi connectivity index (χ0v) is 9.13. The highest BCUT2D eigenvalue weighted by molar-refractivity contribution is 5.90. The summed E-state index contributed by atoms with van der Waals surface area (Å²) >= 11 is 0. The molecule has 92 valence electrons. The molecule has 1 heterocycles. The van der Waals surface area contributed by atoms with Crippen molar-refractivity contribution in [2.24, 2.45) is 0 Å². The molecule has 0 unspecified atom stereocenters. The van der Waals surface area contributed by atoms with Gasteiger partial charge in [0.25, 0.3) is 0 Å². The van der Waals surface area contributed by atoms with Crippen molar-refractivity contribution in [3.8, 4) is 5.75 Å². The van der Waals surface area contributed by atoms with E-state index in [0.29, 0.717) is 5.69 Å². The van der Waals surface area contributed by atoms with Gasteiger partial charge in [-0.3, -0.25) is 0 Å². The number of ether oxygens (including phenoxy) is 2. The average molecular weight is 243 g/mol. The highest BCUT2D eigenvalue weighted by Crippen LogP contribution is 2.35. The summed E-state index contributed by atoms with van der Waals surface area (Å²) in [5.41, 5.74) is 0.620. The van der Waals surface area contributed by atoms with E-state index in [9.17, 15) is 13.6 Å². The van der Waals surface area contributed by atoms with Gasteiger partial charge in [-0.2, -0.15) is 8.78 Å². The van der Waals surface area contributed by atoms with Gasteiger partial charge in [-0.15, -0.1) is 0 Å². The summed E-state index contributed by atoms with van der Waals surface area (Å²) in [6, 6.07) is 4.25. The van der Waals surface area contributed by atoms with Gasteiger partial charge in [0.15, 0.2) is 0 Å². The Hall–Kier alpha value is -1.85. The lowest BCUT2D eigenvalue weighted by Gasteiger charge is -2.26. The molecule has 17 heavy (non-hydrogen) atoms. The van der Waals surface area contributed by atoms with Crippen LogP contribution in [0.4, 0.5) is 14.5 Å². The highest BCUT2D eigenvalue weighted by atomic mass is 19.3. The Labute approximate surface area is 96.5 Å². The Morgan fingerprint density at radius 2 is 2.35 bits per heavy atom. The summed E-state index contributed by atoms with van der Waals surface area (Å²) < 4.78 is 35.2. The van der Waals surface area contributed by atoms with Crippen LogP contribution in [0.15, 0.2) is 18.2 Å². The first-order chi connectivity index (χ1) is 8.02. The van der Waals surface area contributed by atoms with Crippen molar-refractivity contribution >= 4 is 11.7 Å². The fourth-order valence-electron chi connectivity index (χ4n) is 1.49. The molecule has 1 aliphatic heterocycles. The molecule has 0 saturated carbocycles. The summed E-state index contributed by atoms with van der Waals surface area (Å²) in [5.74, 6) is -0.611. The van der Waals surface area contributed by atoms with E-state index in [-0.39, 0.29) is 17.9 Å². The summed E-state index contributed by atoms with van der Waals surface area (Å²) in [6.07, 6.45) is -3.26. The van der Waals surface area contributed by atoms with Gasteiger partial charge in [0, 0.05) is 0 Å². The number of nitrogens with one attached hydrogen (secondary N) is 1. The van der Waals surface area contributed by atoms with Gasteiger partial charge in [0.05, 0.1) is 17.9 Å². The van der Waals surface area contributed by atoms with E-state index in [1.807, 2.05) is 0 Å². The summed E-state index contributed by atoms with van der Waals surface area (Å²) in [6.45, 7) is 1.31. The maximum absolute atomic E-state index is 13.0. The molecule has 6 heteroatoms. The topological polar surface area (TPSA) is 47.6 Å². The average Bonchev–Trinajstić information content (AvgIpc) is 2.27. The molecule has 0 saturated heterocycles. The maximum Gasteiger partial charge on any atom is 0.415 e. The molecule has 0 fully saturated rings. The third-order valence-corrected chi connectivity index (χ3v) is 2.24. The molecule has 0 bridgehead atoms. The van der Waals surface area contributed by atoms with Crippen molar-refractivity contribution in [2.45, 2.75) is 13.0 Å². The molecule has 1 aromatic rings. The van der Waals surface area contributed by atoms with E-state index >= 15 is 0 Å². The van der Waals surface area contributed by atoms with Crippen molar-refractivity contribution in [1.82, 2.24) is 0 Å². The Balaban J connectivity index is 2.27. The lowest BCUT2D eigenvalue weighted by Crippen LogP contribution is -2.37. The van der Waals surface area contributed by atoms with Crippen molar-refractivity contribution in [3.05, 3.63) is 23.8 Å². The molecular weight excluding hydrogens is 232 g/mol. The predicted octanol–water partition coefficient (Wildman–Crippen LogP) is 2.26. The number of benzene rings is 1. The summed E-state index contributed by atoms with van der Waals surface area (Å²) in [5, 5.41) is 2.52. The van der Waals surface area contributed by atoms with Crippen molar-refractivity contribution < 1.29 is 23.0 Å². The second kappa shape index (κ2) is 4.20. The standard InChI is InChI=1S/C11H11F2NO3/c1-2-16-10(15)7-3-4-8-9(5-7)17-11(12,13)6-14-8/h3-5,14H,2,6H2,1H3. The van der Waals surface area contributed by atoms with Gasteiger partial charge in [0.1, 0.15) is 12.3 Å². The fourth-order valence-corrected chi connectivity index (χ4v) is 1.49. The predicted molar refractivity (Wildman–Crippen MR) is 56.5 cm³/mol. The molecule has 0 radical (unpaired) electrons. The van der Waals surface area contributed by atoms with Crippen LogP contribution >= 0.6 is 0 Å². The van der Waals surface area contributed by atoms with E-state index in [1.165, 1.54) is 18.2 Å². The highest BCUT2D eigenvalue weighted by Gasteiger charge is 2.36. The quantitative estimate of drug-likeness (QED) is 0.809. The second-order valence-electron chi connectivity index (χ2n) is 3.52. The number of alkyl halides is 2. The number of hydrogen-bond acceptors (Lipinski definition) is 4. The van der Waals surface area contributed by atoms with Gasteiger partial charge in [-0.05, 0) is 25.1 Å². The van der Waals surface area contributed by atoms with E-state index in [0.717, 1.165) is 0 Å². The van der Waals surface area contributed by atoms with Crippen molar-refractivity contribution in [1.29, 1.82) is 0 Å². The van der Waals surface area contributed by atoms with Crippen molar-refractivity contribution in [3.63, 3.8) is 0 Å². The van der Waals surface area contributed by atoms with Crippen molar-refractivity contribution in [2.75, 3.05) is 18.5 Å². The van der Waals surface area contributed by atoms with E-state index in [4.69, 9.17) is 4.74 Å². The van der Waals surface area contributed by atoms with Gasteiger partial charge in [-0.25, -0.2) is 4.79 Å². The molecule has 0 aliphatic carbocycles. The van der Waals surface area contributed by atoms with Crippen LogP contribution in [0.5, 0.6) is 5.75 Å². The van der Waals surface area contributed by atoms with E-state index in [1.54, 1.807) is 6.92 Å². The minimum atomic E-state index is -3.26. The zero-order chi connectivity index (χ0) is 12.5. The molecular formula is C11H11F2NO3. The lowest BCUT2D eigenvalue weighted by molar-refractivity contribution is -0.166. The lowest BCUT2D eigenvalue weighted by atomic mass is 10.1. The second-order valence-corrected chi connectivity index (χ2v) is 3.52. The van der Waals surface area contributed by atoms with Crippen LogP contribution in [0.3, 0.4) is 0 Å². The van der Waals surface area contributed by atoms with Crippen LogP contribution in [0.2, 0.25) is 0 Å². The normalized spacial score (nSPS) is 16.4. The Morgan fingerprint density at radius 1 is 1.59 bits per heavy atom. The fraction of sp³-hybridized carbons (Fsp3) is 0.364. The van der Waals surface area contributed by atoms with Crippen LogP contribution in [-0.2, 0) is 4.74 Å². The molecule has 1 aromatic carbocycles. The molecule has 4 nitrogen and oxygen atoms in total. The number of fused-ring (bicyclic) bond motifs is 1. The molecule has 0 atom stereocenters. The number of halogens is 2. The van der Waals surface area contributed by atoms with Crippen LogP contribution in [-0.4, -0.2) is 25.2 Å². The van der Waals surface area contributed by atoms with Gasteiger partial charge >= 0.3 is 12.1 Å². The van der Waals surface area contributed by atoms with Crippen LogP contribution in [0, 0.1) is 0 Å². The van der Waals surface area contributed by atoms with Crippen LogP contribution < -0.4 is 10.1 Å². The Bertz CT molecular complexity index is 448. The number of carbonyl (C=O) groups is 1. The smallest absolute Gasteiger partial charge is 0.415 e.